The Labute approximate surface area is 142 Å². The van der Waals surface area contributed by atoms with Crippen LogP contribution >= 0.6 is 0 Å². The second kappa shape index (κ2) is 6.65. The lowest BCUT2D eigenvalue weighted by atomic mass is 9.98. The van der Waals surface area contributed by atoms with Gasteiger partial charge in [0.2, 0.25) is 0 Å². The number of carbonyl (C=O) groups excluding carboxylic acids is 1. The third-order valence-electron chi connectivity index (χ3n) is 4.42. The van der Waals surface area contributed by atoms with Crippen LogP contribution in [-0.2, 0) is 0 Å². The summed E-state index contributed by atoms with van der Waals surface area (Å²) in [5, 5.41) is 4.40. The van der Waals surface area contributed by atoms with E-state index in [9.17, 15) is 4.79 Å². The van der Waals surface area contributed by atoms with Gasteiger partial charge in [-0.25, -0.2) is 4.68 Å². The zero-order chi connectivity index (χ0) is 17.3. The van der Waals surface area contributed by atoms with Crippen LogP contribution < -0.4 is 4.74 Å². The van der Waals surface area contributed by atoms with Gasteiger partial charge in [0.15, 0.2) is 0 Å². The van der Waals surface area contributed by atoms with E-state index >= 15 is 0 Å². The molecule has 2 aromatic rings. The summed E-state index contributed by atoms with van der Waals surface area (Å²) in [7, 11) is 5.76. The Morgan fingerprint density at radius 1 is 1.33 bits per heavy atom. The number of para-hydroxylation sites is 2. The Morgan fingerprint density at radius 2 is 2.04 bits per heavy atom. The first-order chi connectivity index (χ1) is 11.5. The smallest absolute Gasteiger partial charge is 0.257 e. The number of benzene rings is 1. The maximum Gasteiger partial charge on any atom is 0.257 e. The molecule has 6 nitrogen and oxygen atoms in total. The fraction of sp³-hybridized carbons (Fsp3) is 0.444. The molecule has 0 atom stereocenters. The molecule has 1 amide bonds. The number of nitrogens with zero attached hydrogens (tertiary/aromatic N) is 4. The molecule has 0 bridgehead atoms. The van der Waals surface area contributed by atoms with Crippen LogP contribution in [0.4, 0.5) is 0 Å². The summed E-state index contributed by atoms with van der Waals surface area (Å²) >= 11 is 0. The SMILES string of the molecule is COc1ccccc1-n1ncc(C(=O)N2CC(CN(C)C)C2)c1C. The van der Waals surface area contributed by atoms with Crippen molar-refractivity contribution in [3.05, 3.63) is 41.7 Å². The first-order valence-electron chi connectivity index (χ1n) is 8.13. The molecule has 6 heteroatoms. The molecule has 3 rings (SSSR count). The lowest BCUT2D eigenvalue weighted by molar-refractivity contribution is 0.0449. The summed E-state index contributed by atoms with van der Waals surface area (Å²) < 4.78 is 7.16. The molecule has 128 valence electrons. The molecule has 2 heterocycles. The number of carbonyl (C=O) groups is 1. The number of ether oxygens (including phenoxy) is 1. The number of aromatic nitrogens is 2. The van der Waals surface area contributed by atoms with Crippen LogP contribution in [0.2, 0.25) is 0 Å². The van der Waals surface area contributed by atoms with Crippen LogP contribution in [0.15, 0.2) is 30.5 Å². The number of methoxy groups -OCH3 is 1. The third-order valence-corrected chi connectivity index (χ3v) is 4.42. The van der Waals surface area contributed by atoms with E-state index in [1.807, 2.05) is 36.1 Å². The largest absolute Gasteiger partial charge is 0.494 e. The summed E-state index contributed by atoms with van der Waals surface area (Å²) in [6.45, 7) is 4.57. The Balaban J connectivity index is 1.77. The molecule has 0 spiro atoms. The normalized spacial score (nSPS) is 14.8. The summed E-state index contributed by atoms with van der Waals surface area (Å²) in [6, 6.07) is 7.67. The van der Waals surface area contributed by atoms with E-state index in [4.69, 9.17) is 4.74 Å². The molecule has 24 heavy (non-hydrogen) atoms. The lowest BCUT2D eigenvalue weighted by Gasteiger charge is -2.40. The zero-order valence-electron chi connectivity index (χ0n) is 14.7. The number of hydrogen-bond donors (Lipinski definition) is 0. The fourth-order valence-electron chi connectivity index (χ4n) is 3.21. The molecule has 0 radical (unpaired) electrons. The Hall–Kier alpha value is -2.34. The van der Waals surface area contributed by atoms with Gasteiger partial charge in [-0.3, -0.25) is 4.79 Å². The van der Waals surface area contributed by atoms with Gasteiger partial charge in [0.05, 0.1) is 24.6 Å². The Kier molecular flexibility index (Phi) is 4.57. The molecule has 1 saturated heterocycles. The maximum absolute atomic E-state index is 12.7. The van der Waals surface area contributed by atoms with Crippen molar-refractivity contribution >= 4 is 5.91 Å². The van der Waals surface area contributed by atoms with E-state index in [1.54, 1.807) is 18.0 Å². The standard InChI is InChI=1S/C18H24N4O2/c1-13-15(18(23)21-11-14(12-21)10-20(2)3)9-19-22(13)16-7-5-6-8-17(16)24-4/h5-9,14H,10-12H2,1-4H3. The molecule has 1 aromatic heterocycles. The molecule has 1 fully saturated rings. The Bertz CT molecular complexity index is 732. The summed E-state index contributed by atoms with van der Waals surface area (Å²) in [6.07, 6.45) is 1.66. The van der Waals surface area contributed by atoms with Gasteiger partial charge in [0, 0.05) is 25.6 Å². The topological polar surface area (TPSA) is 50.6 Å². The van der Waals surface area contributed by atoms with E-state index in [2.05, 4.69) is 24.1 Å². The predicted molar refractivity (Wildman–Crippen MR) is 92.8 cm³/mol. The highest BCUT2D eigenvalue weighted by molar-refractivity contribution is 5.95. The van der Waals surface area contributed by atoms with Gasteiger partial charge in [0.1, 0.15) is 11.4 Å². The highest BCUT2D eigenvalue weighted by Gasteiger charge is 2.33. The zero-order valence-corrected chi connectivity index (χ0v) is 14.7. The quantitative estimate of drug-likeness (QED) is 0.840. The van der Waals surface area contributed by atoms with Gasteiger partial charge in [0.25, 0.3) is 5.91 Å². The second-order valence-corrected chi connectivity index (χ2v) is 6.57. The summed E-state index contributed by atoms with van der Waals surface area (Å²) in [5.41, 5.74) is 2.33. The molecule has 0 saturated carbocycles. The van der Waals surface area contributed by atoms with Crippen molar-refractivity contribution in [3.8, 4) is 11.4 Å². The first-order valence-corrected chi connectivity index (χ1v) is 8.13. The van der Waals surface area contributed by atoms with Crippen molar-refractivity contribution in [2.75, 3.05) is 40.8 Å². The minimum atomic E-state index is 0.0589. The van der Waals surface area contributed by atoms with Crippen molar-refractivity contribution in [3.63, 3.8) is 0 Å². The van der Waals surface area contributed by atoms with Crippen molar-refractivity contribution < 1.29 is 9.53 Å². The van der Waals surface area contributed by atoms with E-state index < -0.39 is 0 Å². The van der Waals surface area contributed by atoms with Gasteiger partial charge in [-0.05, 0) is 33.2 Å². The molecular weight excluding hydrogens is 304 g/mol. The Morgan fingerprint density at radius 3 is 2.71 bits per heavy atom. The second-order valence-electron chi connectivity index (χ2n) is 6.57. The van der Waals surface area contributed by atoms with Gasteiger partial charge in [-0.2, -0.15) is 5.10 Å². The highest BCUT2D eigenvalue weighted by atomic mass is 16.5. The van der Waals surface area contributed by atoms with Crippen LogP contribution in [0.3, 0.4) is 0 Å². The van der Waals surface area contributed by atoms with Gasteiger partial charge in [-0.1, -0.05) is 12.1 Å². The number of rotatable bonds is 5. The molecule has 1 aliphatic rings. The van der Waals surface area contributed by atoms with Crippen molar-refractivity contribution in [1.29, 1.82) is 0 Å². The van der Waals surface area contributed by atoms with Gasteiger partial charge < -0.3 is 14.5 Å². The monoisotopic (exact) mass is 328 g/mol. The van der Waals surface area contributed by atoms with Gasteiger partial charge in [-0.15, -0.1) is 0 Å². The van der Waals surface area contributed by atoms with Crippen LogP contribution in [-0.4, -0.2) is 66.3 Å². The minimum absolute atomic E-state index is 0.0589. The van der Waals surface area contributed by atoms with Crippen molar-refractivity contribution in [1.82, 2.24) is 19.6 Å². The molecule has 1 aromatic carbocycles. The number of amides is 1. The first kappa shape index (κ1) is 16.5. The molecule has 0 unspecified atom stereocenters. The predicted octanol–water partition coefficient (Wildman–Crippen LogP) is 1.82. The fourth-order valence-corrected chi connectivity index (χ4v) is 3.21. The van der Waals surface area contributed by atoms with Crippen molar-refractivity contribution in [2.45, 2.75) is 6.92 Å². The number of hydrogen-bond acceptors (Lipinski definition) is 4. The van der Waals surface area contributed by atoms with E-state index in [0.717, 1.165) is 36.8 Å². The molecule has 1 aliphatic heterocycles. The van der Waals surface area contributed by atoms with E-state index in [0.29, 0.717) is 11.5 Å². The maximum atomic E-state index is 12.7. The summed E-state index contributed by atoms with van der Waals surface area (Å²) in [4.78, 5) is 16.8. The van der Waals surface area contributed by atoms with Crippen molar-refractivity contribution in [2.24, 2.45) is 5.92 Å². The van der Waals surface area contributed by atoms with Gasteiger partial charge >= 0.3 is 0 Å². The third kappa shape index (κ3) is 3.01. The van der Waals surface area contributed by atoms with Crippen LogP contribution in [0.25, 0.3) is 5.69 Å². The molecule has 0 N–H and O–H groups in total. The average Bonchev–Trinajstić information content (AvgIpc) is 2.91. The highest BCUT2D eigenvalue weighted by Crippen LogP contribution is 2.26. The average molecular weight is 328 g/mol. The van der Waals surface area contributed by atoms with Crippen LogP contribution in [0.1, 0.15) is 16.1 Å². The number of likely N-dealkylation sites (tertiary alicyclic amines) is 1. The minimum Gasteiger partial charge on any atom is -0.494 e. The lowest BCUT2D eigenvalue weighted by Crippen LogP contribution is -2.53. The van der Waals surface area contributed by atoms with E-state index in [1.165, 1.54) is 0 Å². The van der Waals surface area contributed by atoms with E-state index in [-0.39, 0.29) is 5.91 Å². The molecule has 0 aliphatic carbocycles. The van der Waals surface area contributed by atoms with Crippen LogP contribution in [0.5, 0.6) is 5.75 Å². The molecular formula is C18H24N4O2. The summed E-state index contributed by atoms with van der Waals surface area (Å²) in [5.74, 6) is 1.36. The van der Waals surface area contributed by atoms with Crippen LogP contribution in [0, 0.1) is 12.8 Å².